The molecule has 0 spiro atoms. The van der Waals surface area contributed by atoms with Gasteiger partial charge in [0.25, 0.3) is 0 Å². The number of sulfonamides is 1. The number of nitrogens with zero attached hydrogens (tertiary/aromatic N) is 2. The van der Waals surface area contributed by atoms with Crippen molar-refractivity contribution in [1.29, 1.82) is 0 Å². The first-order valence-electron chi connectivity index (χ1n) is 11.1. The van der Waals surface area contributed by atoms with E-state index in [9.17, 15) is 46.5 Å². The minimum Gasteiger partial charge on any atom is -0.479 e. The Morgan fingerprint density at radius 2 is 1.57 bits per heavy atom. The fourth-order valence-corrected chi connectivity index (χ4v) is 4.31. The van der Waals surface area contributed by atoms with E-state index in [0.29, 0.717) is 0 Å². The van der Waals surface area contributed by atoms with E-state index in [1.807, 2.05) is 0 Å². The van der Waals surface area contributed by atoms with Crippen LogP contribution in [0.3, 0.4) is 0 Å². The second-order valence-corrected chi connectivity index (χ2v) is 10.1. The first-order chi connectivity index (χ1) is 18.6. The Bertz CT molecular complexity index is 1520. The minimum absolute atomic E-state index is 0.0681. The quantitative estimate of drug-likeness (QED) is 0.247. The van der Waals surface area contributed by atoms with Gasteiger partial charge in [0.15, 0.2) is 11.8 Å². The van der Waals surface area contributed by atoms with E-state index in [0.717, 1.165) is 35.0 Å². The highest BCUT2D eigenvalue weighted by Crippen LogP contribution is 2.33. The van der Waals surface area contributed by atoms with Crippen molar-refractivity contribution in [2.24, 2.45) is 5.14 Å². The van der Waals surface area contributed by atoms with Gasteiger partial charge in [-0.1, -0.05) is 12.1 Å². The molecule has 1 saturated heterocycles. The third-order valence-electron chi connectivity index (χ3n) is 5.86. The number of carbonyl (C=O) groups excluding carboxylic acids is 1. The lowest BCUT2D eigenvalue weighted by molar-refractivity contribution is -0.278. The molecule has 1 aliphatic heterocycles. The lowest BCUT2D eigenvalue weighted by Gasteiger charge is -2.37. The lowest BCUT2D eigenvalue weighted by atomic mass is 9.99. The predicted octanol–water partition coefficient (Wildman–Crippen LogP) is 0.254. The van der Waals surface area contributed by atoms with Crippen molar-refractivity contribution < 1.29 is 61.1 Å². The summed E-state index contributed by atoms with van der Waals surface area (Å²) >= 11 is 0. The van der Waals surface area contributed by atoms with Crippen LogP contribution in [-0.2, 0) is 30.5 Å². The number of ether oxygens (including phenoxy) is 2. The van der Waals surface area contributed by atoms with Crippen molar-refractivity contribution in [3.8, 4) is 16.9 Å². The van der Waals surface area contributed by atoms with Crippen LogP contribution in [0.5, 0.6) is 0 Å². The number of carboxylic acid groups (broad SMARTS) is 1. The summed E-state index contributed by atoms with van der Waals surface area (Å²) in [5, 5.41) is 47.3. The average Bonchev–Trinajstić information content (AvgIpc) is 3.35. The maximum Gasteiger partial charge on any atom is 0.435 e. The summed E-state index contributed by atoms with van der Waals surface area (Å²) in [4.78, 5) is 23.5. The van der Waals surface area contributed by atoms with Gasteiger partial charge in [-0.15, -0.1) is 0 Å². The second kappa shape index (κ2) is 10.6. The van der Waals surface area contributed by atoms with Crippen LogP contribution in [0, 0.1) is 0 Å². The van der Waals surface area contributed by atoms with Crippen LogP contribution in [-0.4, -0.2) is 81.3 Å². The Balaban J connectivity index is 1.61. The fraction of sp³-hybridized carbons (Fsp3) is 0.261. The molecule has 3 unspecified atom stereocenters. The molecule has 13 nitrogen and oxygen atoms in total. The summed E-state index contributed by atoms with van der Waals surface area (Å²) in [6.45, 7) is 0. The van der Waals surface area contributed by atoms with Crippen LogP contribution in [0.15, 0.2) is 59.5 Å². The number of esters is 1. The Labute approximate surface area is 222 Å². The van der Waals surface area contributed by atoms with Crippen molar-refractivity contribution in [2.45, 2.75) is 41.8 Å². The number of rotatable bonds is 6. The molecule has 1 fully saturated rings. The molecule has 2 heterocycles. The molecule has 40 heavy (non-hydrogen) atoms. The number of benzene rings is 2. The molecule has 0 saturated carbocycles. The molecule has 1 aliphatic rings. The maximum absolute atomic E-state index is 13.5. The summed E-state index contributed by atoms with van der Waals surface area (Å²) < 4.78 is 74.1. The number of halogens is 3. The van der Waals surface area contributed by atoms with E-state index in [1.165, 1.54) is 24.3 Å². The van der Waals surface area contributed by atoms with E-state index < -0.39 is 64.5 Å². The number of nitrogens with two attached hydrogens (primary N) is 1. The number of carbonyl (C=O) groups is 2. The number of aliphatic hydroxyl groups is 3. The Hall–Kier alpha value is -3.87. The summed E-state index contributed by atoms with van der Waals surface area (Å²) in [5.74, 6) is -2.83. The molecular weight excluding hydrogens is 567 g/mol. The molecule has 0 bridgehead atoms. The molecule has 3 aromatic rings. The van der Waals surface area contributed by atoms with Crippen LogP contribution in [0.4, 0.5) is 13.2 Å². The smallest absolute Gasteiger partial charge is 0.435 e. The normalized spacial score (nSPS) is 23.5. The van der Waals surface area contributed by atoms with Crippen molar-refractivity contribution in [3.63, 3.8) is 0 Å². The van der Waals surface area contributed by atoms with Crippen LogP contribution >= 0.6 is 0 Å². The highest BCUT2D eigenvalue weighted by molar-refractivity contribution is 7.89. The number of aliphatic carboxylic acids is 1. The van der Waals surface area contributed by atoms with Gasteiger partial charge in [0, 0.05) is 5.56 Å². The Kier molecular flexibility index (Phi) is 7.72. The minimum atomic E-state index is -4.82. The molecule has 4 rings (SSSR count). The zero-order valence-corrected chi connectivity index (χ0v) is 20.7. The van der Waals surface area contributed by atoms with Crippen LogP contribution < -0.4 is 5.14 Å². The summed E-state index contributed by atoms with van der Waals surface area (Å²) in [5.41, 5.74) is -1.31. The third kappa shape index (κ3) is 5.83. The molecule has 1 aromatic heterocycles. The number of aliphatic hydroxyl groups excluding tert-OH is 3. The molecule has 6 N–H and O–H groups in total. The highest BCUT2D eigenvalue weighted by Gasteiger charge is 2.48. The van der Waals surface area contributed by atoms with Gasteiger partial charge in [0.1, 0.15) is 18.3 Å². The molecule has 17 heteroatoms. The summed E-state index contributed by atoms with van der Waals surface area (Å²) in [7, 11) is -4.06. The van der Waals surface area contributed by atoms with Crippen molar-refractivity contribution in [3.05, 3.63) is 65.9 Å². The second-order valence-electron chi connectivity index (χ2n) is 8.58. The zero-order valence-electron chi connectivity index (χ0n) is 19.8. The zero-order chi connectivity index (χ0) is 29.6. The topological polar surface area (TPSA) is 211 Å². The summed E-state index contributed by atoms with van der Waals surface area (Å²) in [6.07, 6.45) is -14.8. The van der Waals surface area contributed by atoms with Crippen LogP contribution in [0.2, 0.25) is 0 Å². The SMILES string of the molecule is NS(=O)(=O)c1ccc(-n2nc(C(F)(F)F)cc2-c2ccc(C(=O)O[C@@H]3OC(C(=O)O)[C@H](O)C(O)C3O)cc2)cc1. The number of primary sulfonamides is 1. The van der Waals surface area contributed by atoms with Gasteiger partial charge >= 0.3 is 18.1 Å². The first kappa shape index (κ1) is 29.1. The van der Waals surface area contributed by atoms with Crippen LogP contribution in [0.1, 0.15) is 16.1 Å². The number of aromatic nitrogens is 2. The average molecular weight is 587 g/mol. The molecular formula is C23H20F3N3O10S. The van der Waals surface area contributed by atoms with Gasteiger partial charge in [-0.2, -0.15) is 18.3 Å². The lowest BCUT2D eigenvalue weighted by Crippen LogP contribution is -2.60. The van der Waals surface area contributed by atoms with Gasteiger partial charge in [-0.25, -0.2) is 27.8 Å². The van der Waals surface area contributed by atoms with Crippen molar-refractivity contribution in [1.82, 2.24) is 9.78 Å². The monoisotopic (exact) mass is 587 g/mol. The van der Waals surface area contributed by atoms with Gasteiger partial charge in [0.2, 0.25) is 16.3 Å². The number of carboxylic acids is 1. The standard InChI is InChI=1S/C23H20F3N3O10S/c24-23(25,26)15-9-14(29(28-15)12-5-7-13(8-6-12)40(27,36)37)10-1-3-11(4-2-10)21(35)39-22-18(32)16(30)17(31)19(38-22)20(33)34/h1-9,16-19,22,30-32H,(H,33,34)(H2,27,36,37)/t16?,17-,18?,19?,22+/m1/s1. The van der Waals surface area contributed by atoms with Gasteiger partial charge in [0.05, 0.1) is 21.8 Å². The highest BCUT2D eigenvalue weighted by atomic mass is 32.2. The molecule has 0 aliphatic carbocycles. The van der Waals surface area contributed by atoms with E-state index in [2.05, 4.69) is 5.10 Å². The van der Waals surface area contributed by atoms with E-state index in [4.69, 9.17) is 19.7 Å². The molecule has 5 atom stereocenters. The van der Waals surface area contributed by atoms with E-state index >= 15 is 0 Å². The first-order valence-corrected chi connectivity index (χ1v) is 12.7. The van der Waals surface area contributed by atoms with Gasteiger partial charge in [-0.3, -0.25) is 0 Å². The largest absolute Gasteiger partial charge is 0.479 e. The molecule has 0 amide bonds. The van der Waals surface area contributed by atoms with Crippen molar-refractivity contribution >= 4 is 22.0 Å². The number of hydrogen-bond donors (Lipinski definition) is 5. The Morgan fingerprint density at radius 1 is 0.975 bits per heavy atom. The third-order valence-corrected chi connectivity index (χ3v) is 6.79. The Morgan fingerprint density at radius 3 is 2.10 bits per heavy atom. The maximum atomic E-state index is 13.5. The van der Waals surface area contributed by atoms with Gasteiger partial charge in [-0.05, 0) is 42.5 Å². The molecule has 214 valence electrons. The predicted molar refractivity (Wildman–Crippen MR) is 125 cm³/mol. The number of hydrogen-bond acceptors (Lipinski definition) is 10. The van der Waals surface area contributed by atoms with Crippen molar-refractivity contribution in [2.75, 3.05) is 0 Å². The molecule has 0 radical (unpaired) electrons. The summed E-state index contributed by atoms with van der Waals surface area (Å²) in [6, 6.07) is 10.1. The van der Waals surface area contributed by atoms with E-state index in [1.54, 1.807) is 0 Å². The van der Waals surface area contributed by atoms with E-state index in [-0.39, 0.29) is 27.4 Å². The van der Waals surface area contributed by atoms with Crippen LogP contribution in [0.25, 0.3) is 16.9 Å². The van der Waals surface area contributed by atoms with Gasteiger partial charge < -0.3 is 29.9 Å². The molecule has 2 aromatic carbocycles. The number of alkyl halides is 3. The fourth-order valence-electron chi connectivity index (χ4n) is 3.80.